The van der Waals surface area contributed by atoms with Crippen LogP contribution in [0.5, 0.6) is 0 Å². The van der Waals surface area contributed by atoms with E-state index in [1.54, 1.807) is 0 Å². The zero-order valence-corrected chi connectivity index (χ0v) is 9.48. The first kappa shape index (κ1) is 11.5. The van der Waals surface area contributed by atoms with Crippen molar-refractivity contribution in [2.45, 2.75) is 0 Å². The third-order valence-corrected chi connectivity index (χ3v) is 3.57. The third-order valence-electron chi connectivity index (χ3n) is 1.82. The molecule has 0 aromatic heterocycles. The van der Waals surface area contributed by atoms with Crippen LogP contribution in [0.4, 0.5) is 0 Å². The molecule has 0 saturated heterocycles. The van der Waals surface area contributed by atoms with Gasteiger partial charge in [-0.2, -0.15) is 0 Å². The SMILES string of the molecule is C=C(CS(=O)CCCl)c1ccccc1. The van der Waals surface area contributed by atoms with Gasteiger partial charge in [0.2, 0.25) is 0 Å². The maximum absolute atomic E-state index is 11.4. The zero-order chi connectivity index (χ0) is 10.4. The number of hydrogen-bond acceptors (Lipinski definition) is 1. The summed E-state index contributed by atoms with van der Waals surface area (Å²) in [5.41, 5.74) is 1.96. The van der Waals surface area contributed by atoms with Gasteiger partial charge in [-0.05, 0) is 11.1 Å². The van der Waals surface area contributed by atoms with Crippen LogP contribution in [0.15, 0.2) is 36.9 Å². The molecule has 0 aliphatic heterocycles. The van der Waals surface area contributed by atoms with Crippen molar-refractivity contribution in [2.24, 2.45) is 0 Å². The fraction of sp³-hybridized carbons (Fsp3) is 0.273. The van der Waals surface area contributed by atoms with E-state index in [4.69, 9.17) is 11.6 Å². The van der Waals surface area contributed by atoms with Crippen LogP contribution in [0, 0.1) is 0 Å². The minimum atomic E-state index is -0.882. The molecule has 1 rings (SSSR count). The molecule has 3 heteroatoms. The summed E-state index contributed by atoms with van der Waals surface area (Å²) in [6.45, 7) is 3.91. The van der Waals surface area contributed by atoms with E-state index in [0.717, 1.165) is 11.1 Å². The predicted molar refractivity (Wildman–Crippen MR) is 64.1 cm³/mol. The molecular formula is C11H13ClOS. The van der Waals surface area contributed by atoms with Crippen molar-refractivity contribution >= 4 is 28.0 Å². The first-order valence-electron chi connectivity index (χ1n) is 4.38. The molecule has 1 nitrogen and oxygen atoms in total. The van der Waals surface area contributed by atoms with Gasteiger partial charge in [-0.15, -0.1) is 11.6 Å². The number of halogens is 1. The highest BCUT2D eigenvalue weighted by atomic mass is 35.5. The third kappa shape index (κ3) is 3.64. The number of alkyl halides is 1. The Morgan fingerprint density at radius 1 is 1.36 bits per heavy atom. The lowest BCUT2D eigenvalue weighted by Gasteiger charge is -2.04. The van der Waals surface area contributed by atoms with Crippen LogP contribution in [-0.4, -0.2) is 21.6 Å². The van der Waals surface area contributed by atoms with Crippen molar-refractivity contribution < 1.29 is 4.21 Å². The number of rotatable bonds is 5. The van der Waals surface area contributed by atoms with Gasteiger partial charge >= 0.3 is 0 Å². The molecule has 1 aromatic carbocycles. The molecule has 76 valence electrons. The highest BCUT2D eigenvalue weighted by Gasteiger charge is 2.03. The predicted octanol–water partition coefficient (Wildman–Crippen LogP) is 2.69. The van der Waals surface area contributed by atoms with Crippen LogP contribution < -0.4 is 0 Å². The Morgan fingerprint density at radius 2 is 2.00 bits per heavy atom. The molecule has 0 heterocycles. The van der Waals surface area contributed by atoms with Crippen LogP contribution in [0.3, 0.4) is 0 Å². The molecular weight excluding hydrogens is 216 g/mol. The highest BCUT2D eigenvalue weighted by Crippen LogP contribution is 2.12. The van der Waals surface area contributed by atoms with Gasteiger partial charge in [0.25, 0.3) is 0 Å². The van der Waals surface area contributed by atoms with E-state index >= 15 is 0 Å². The summed E-state index contributed by atoms with van der Waals surface area (Å²) in [5.74, 6) is 1.48. The average molecular weight is 229 g/mol. The number of benzene rings is 1. The summed E-state index contributed by atoms with van der Waals surface area (Å²) in [4.78, 5) is 0. The Hall–Kier alpha value is -0.600. The maximum atomic E-state index is 11.4. The van der Waals surface area contributed by atoms with Gasteiger partial charge in [-0.3, -0.25) is 4.21 Å². The molecule has 0 aliphatic rings. The molecule has 0 radical (unpaired) electrons. The molecule has 0 amide bonds. The molecule has 0 aliphatic carbocycles. The Labute approximate surface area is 92.2 Å². The van der Waals surface area contributed by atoms with Crippen LogP contribution in [0.25, 0.3) is 5.57 Å². The summed E-state index contributed by atoms with van der Waals surface area (Å²) >= 11 is 5.50. The Kier molecular flexibility index (Phi) is 4.91. The Balaban J connectivity index is 2.55. The first-order chi connectivity index (χ1) is 6.74. The van der Waals surface area contributed by atoms with E-state index in [1.807, 2.05) is 30.3 Å². The van der Waals surface area contributed by atoms with Crippen LogP contribution in [-0.2, 0) is 10.8 Å². The lowest BCUT2D eigenvalue weighted by atomic mass is 10.1. The van der Waals surface area contributed by atoms with Crippen LogP contribution in [0.2, 0.25) is 0 Å². The van der Waals surface area contributed by atoms with Crippen molar-refractivity contribution in [2.75, 3.05) is 17.4 Å². The second-order valence-corrected chi connectivity index (χ2v) is 4.90. The van der Waals surface area contributed by atoms with E-state index in [2.05, 4.69) is 6.58 Å². The van der Waals surface area contributed by atoms with Gasteiger partial charge in [-0.25, -0.2) is 0 Å². The van der Waals surface area contributed by atoms with Crippen molar-refractivity contribution in [3.05, 3.63) is 42.5 Å². The minimum absolute atomic E-state index is 0.439. The van der Waals surface area contributed by atoms with Crippen molar-refractivity contribution in [1.29, 1.82) is 0 Å². The fourth-order valence-corrected chi connectivity index (χ4v) is 2.50. The lowest BCUT2D eigenvalue weighted by Crippen LogP contribution is -2.04. The Bertz CT molecular complexity index is 321. The molecule has 1 unspecified atom stereocenters. The molecule has 14 heavy (non-hydrogen) atoms. The molecule has 0 N–H and O–H groups in total. The van der Waals surface area contributed by atoms with Crippen LogP contribution in [0.1, 0.15) is 5.56 Å². The quantitative estimate of drug-likeness (QED) is 0.709. The smallest absolute Gasteiger partial charge is 0.0486 e. The zero-order valence-electron chi connectivity index (χ0n) is 7.91. The Morgan fingerprint density at radius 3 is 2.57 bits per heavy atom. The van der Waals surface area contributed by atoms with Crippen LogP contribution >= 0.6 is 11.6 Å². The second kappa shape index (κ2) is 5.99. The summed E-state index contributed by atoms with van der Waals surface area (Å²) in [6, 6.07) is 9.79. The van der Waals surface area contributed by atoms with E-state index in [0.29, 0.717) is 17.4 Å². The normalized spacial score (nSPS) is 12.4. The van der Waals surface area contributed by atoms with Gasteiger partial charge in [0.05, 0.1) is 0 Å². The summed E-state index contributed by atoms with van der Waals surface area (Å²) in [5, 5.41) is 0. The molecule has 0 spiro atoms. The summed E-state index contributed by atoms with van der Waals surface area (Å²) < 4.78 is 11.4. The van der Waals surface area contributed by atoms with Gasteiger partial charge in [0.1, 0.15) is 0 Å². The average Bonchev–Trinajstić information content (AvgIpc) is 2.19. The largest absolute Gasteiger partial charge is 0.259 e. The van der Waals surface area contributed by atoms with E-state index in [1.165, 1.54) is 0 Å². The summed E-state index contributed by atoms with van der Waals surface area (Å²) in [7, 11) is -0.882. The minimum Gasteiger partial charge on any atom is -0.259 e. The second-order valence-electron chi connectivity index (χ2n) is 2.95. The molecule has 0 saturated carbocycles. The lowest BCUT2D eigenvalue weighted by molar-refractivity contribution is 0.686. The number of hydrogen-bond donors (Lipinski definition) is 0. The van der Waals surface area contributed by atoms with Gasteiger partial charge in [0.15, 0.2) is 0 Å². The van der Waals surface area contributed by atoms with Gasteiger partial charge in [0, 0.05) is 28.2 Å². The van der Waals surface area contributed by atoms with Gasteiger partial charge in [-0.1, -0.05) is 36.9 Å². The standard InChI is InChI=1S/C11H13ClOS/c1-10(9-14(13)8-7-12)11-5-3-2-4-6-11/h2-6H,1,7-9H2. The van der Waals surface area contributed by atoms with E-state index in [9.17, 15) is 4.21 Å². The van der Waals surface area contributed by atoms with Gasteiger partial charge < -0.3 is 0 Å². The topological polar surface area (TPSA) is 17.1 Å². The van der Waals surface area contributed by atoms with Crippen molar-refractivity contribution in [1.82, 2.24) is 0 Å². The molecule has 0 bridgehead atoms. The molecule has 0 fully saturated rings. The van der Waals surface area contributed by atoms with E-state index < -0.39 is 10.8 Å². The molecule has 1 atom stereocenters. The van der Waals surface area contributed by atoms with Crippen molar-refractivity contribution in [3.63, 3.8) is 0 Å². The monoisotopic (exact) mass is 228 g/mol. The first-order valence-corrected chi connectivity index (χ1v) is 6.40. The fourth-order valence-electron chi connectivity index (χ4n) is 1.11. The molecule has 1 aromatic rings. The van der Waals surface area contributed by atoms with Crippen molar-refractivity contribution in [3.8, 4) is 0 Å². The maximum Gasteiger partial charge on any atom is 0.0486 e. The highest BCUT2D eigenvalue weighted by molar-refractivity contribution is 7.85. The van der Waals surface area contributed by atoms with E-state index in [-0.39, 0.29) is 0 Å². The summed E-state index contributed by atoms with van der Waals surface area (Å²) in [6.07, 6.45) is 0.